The Morgan fingerprint density at radius 3 is 2.24 bits per heavy atom. The average Bonchev–Trinajstić information content (AvgIpc) is 2.98. The van der Waals surface area contributed by atoms with Crippen molar-refractivity contribution in [1.82, 2.24) is 9.97 Å². The molecule has 1 aliphatic rings. The van der Waals surface area contributed by atoms with Crippen LogP contribution in [0, 0.1) is 0 Å². The number of ketones is 1. The number of fused-ring (bicyclic) bond motifs is 1. The minimum absolute atomic E-state index is 0.00955. The zero-order valence-corrected chi connectivity index (χ0v) is 15.7. The van der Waals surface area contributed by atoms with Crippen LogP contribution in [-0.2, 0) is 10.0 Å². The summed E-state index contributed by atoms with van der Waals surface area (Å²) < 4.78 is 27.0. The highest BCUT2D eigenvalue weighted by Crippen LogP contribution is 2.30. The summed E-state index contributed by atoms with van der Waals surface area (Å²) in [5.41, 5.74) is 1.39. The molecule has 3 aromatic rings. The van der Waals surface area contributed by atoms with Gasteiger partial charge in [0.2, 0.25) is 5.95 Å². The molecule has 0 radical (unpaired) electrons. The molecule has 0 aliphatic heterocycles. The molecule has 4 rings (SSSR count). The molecule has 0 amide bonds. The molecule has 1 heterocycles. The van der Waals surface area contributed by atoms with Crippen LogP contribution in [0.1, 0.15) is 15.9 Å². The summed E-state index contributed by atoms with van der Waals surface area (Å²) in [6, 6.07) is 14.0. The lowest BCUT2D eigenvalue weighted by atomic mass is 10.1. The normalized spacial score (nSPS) is 13.7. The van der Waals surface area contributed by atoms with Gasteiger partial charge in [-0.15, -0.1) is 0 Å². The van der Waals surface area contributed by atoms with Gasteiger partial charge >= 0.3 is 0 Å². The Kier molecular flexibility index (Phi) is 4.65. The number of aliphatic imine (C=N–C) groups is 1. The maximum absolute atomic E-state index is 12.4. The van der Waals surface area contributed by atoms with Crippen molar-refractivity contribution in [2.45, 2.75) is 4.90 Å². The smallest absolute Gasteiger partial charge is 0.264 e. The maximum Gasteiger partial charge on any atom is 0.264 e. The summed E-state index contributed by atoms with van der Waals surface area (Å²) in [5.74, 6) is -0.468. The number of benzene rings is 2. The highest BCUT2D eigenvalue weighted by molar-refractivity contribution is 7.92. The van der Waals surface area contributed by atoms with Crippen molar-refractivity contribution < 1.29 is 18.3 Å². The fourth-order valence-electron chi connectivity index (χ4n) is 2.79. The lowest BCUT2D eigenvalue weighted by Gasteiger charge is -2.06. The number of rotatable bonds is 5. The highest BCUT2D eigenvalue weighted by Gasteiger charge is 2.27. The van der Waals surface area contributed by atoms with Gasteiger partial charge in [-0.2, -0.15) is 0 Å². The number of sulfonamides is 1. The van der Waals surface area contributed by atoms with Crippen LogP contribution in [0.5, 0.6) is 0 Å². The fourth-order valence-corrected chi connectivity index (χ4v) is 3.74. The van der Waals surface area contributed by atoms with E-state index in [1.54, 1.807) is 30.3 Å². The Morgan fingerprint density at radius 1 is 0.931 bits per heavy atom. The number of aliphatic hydroxyl groups excluding tert-OH is 1. The predicted molar refractivity (Wildman–Crippen MR) is 108 cm³/mol. The van der Waals surface area contributed by atoms with Gasteiger partial charge in [0, 0.05) is 29.7 Å². The topological polar surface area (TPSA) is 122 Å². The molecule has 2 aromatic carbocycles. The molecular weight excluding hydrogens is 392 g/mol. The van der Waals surface area contributed by atoms with Crippen molar-refractivity contribution in [3.8, 4) is 0 Å². The lowest BCUT2D eigenvalue weighted by molar-refractivity contribution is 0.104. The molecule has 2 N–H and O–H groups in total. The van der Waals surface area contributed by atoms with Crippen LogP contribution in [0.2, 0.25) is 0 Å². The number of aliphatic hydroxyl groups is 1. The van der Waals surface area contributed by atoms with Crippen LogP contribution in [0.4, 0.5) is 11.6 Å². The second kappa shape index (κ2) is 7.28. The quantitative estimate of drug-likeness (QED) is 0.628. The molecule has 0 saturated carbocycles. The third-order valence-electron chi connectivity index (χ3n) is 4.21. The van der Waals surface area contributed by atoms with Gasteiger partial charge in [-0.3, -0.25) is 9.79 Å². The molecule has 0 unspecified atom stereocenters. The van der Waals surface area contributed by atoms with Gasteiger partial charge in [-0.05, 0) is 30.3 Å². The Hall–Kier alpha value is -3.85. The SMILES string of the molecule is O=C1C(C=Nc2ccc(S(=O)(=O)Nc3ncccn3)cc2)=C(O)c2ccccc21. The second-order valence-electron chi connectivity index (χ2n) is 6.07. The number of nitrogens with zero attached hydrogens (tertiary/aromatic N) is 3. The first-order valence-electron chi connectivity index (χ1n) is 8.47. The Bertz CT molecular complexity index is 1250. The number of carbonyl (C=O) groups excluding carboxylic acids is 1. The first kappa shape index (κ1) is 18.5. The van der Waals surface area contributed by atoms with Crippen LogP contribution in [0.15, 0.2) is 82.5 Å². The number of aromatic nitrogens is 2. The molecule has 29 heavy (non-hydrogen) atoms. The van der Waals surface area contributed by atoms with Crippen molar-refractivity contribution in [2.75, 3.05) is 4.72 Å². The van der Waals surface area contributed by atoms with Gasteiger partial charge in [-0.25, -0.2) is 23.1 Å². The summed E-state index contributed by atoms with van der Waals surface area (Å²) in [6.45, 7) is 0. The fraction of sp³-hybridized carbons (Fsp3) is 0. The van der Waals surface area contributed by atoms with E-state index >= 15 is 0 Å². The number of allylic oxidation sites excluding steroid dienone is 1. The lowest BCUT2D eigenvalue weighted by Crippen LogP contribution is -2.14. The van der Waals surface area contributed by atoms with E-state index in [4.69, 9.17) is 0 Å². The minimum Gasteiger partial charge on any atom is -0.506 e. The Labute approximate surface area is 166 Å². The zero-order chi connectivity index (χ0) is 20.4. The molecule has 1 aromatic heterocycles. The van der Waals surface area contributed by atoms with E-state index in [0.717, 1.165) is 0 Å². The zero-order valence-electron chi connectivity index (χ0n) is 14.9. The van der Waals surface area contributed by atoms with Gasteiger partial charge < -0.3 is 5.11 Å². The first-order valence-corrected chi connectivity index (χ1v) is 9.95. The second-order valence-corrected chi connectivity index (χ2v) is 7.75. The van der Waals surface area contributed by atoms with Gasteiger partial charge in [-0.1, -0.05) is 24.3 Å². The number of nitrogens with one attached hydrogen (secondary N) is 1. The molecule has 0 atom stereocenters. The van der Waals surface area contributed by atoms with Gasteiger partial charge in [0.25, 0.3) is 10.0 Å². The average molecular weight is 406 g/mol. The van der Waals surface area contributed by atoms with Crippen LogP contribution in [0.3, 0.4) is 0 Å². The number of carbonyl (C=O) groups is 1. The third-order valence-corrected chi connectivity index (χ3v) is 5.55. The molecule has 1 aliphatic carbocycles. The van der Waals surface area contributed by atoms with Crippen LogP contribution in [0.25, 0.3) is 5.76 Å². The largest absolute Gasteiger partial charge is 0.506 e. The van der Waals surface area contributed by atoms with Crippen molar-refractivity contribution in [2.24, 2.45) is 4.99 Å². The van der Waals surface area contributed by atoms with E-state index in [1.165, 1.54) is 42.9 Å². The molecule has 9 heteroatoms. The number of hydrogen-bond donors (Lipinski definition) is 2. The van der Waals surface area contributed by atoms with Crippen LogP contribution < -0.4 is 4.72 Å². The van der Waals surface area contributed by atoms with E-state index in [2.05, 4.69) is 19.7 Å². The minimum atomic E-state index is -3.84. The van der Waals surface area contributed by atoms with Crippen LogP contribution >= 0.6 is 0 Å². The van der Waals surface area contributed by atoms with Crippen LogP contribution in [-0.4, -0.2) is 35.5 Å². The van der Waals surface area contributed by atoms with Crippen molar-refractivity contribution in [3.05, 3.63) is 83.7 Å². The third kappa shape index (κ3) is 3.63. The molecule has 0 bridgehead atoms. The van der Waals surface area contributed by atoms with E-state index in [9.17, 15) is 18.3 Å². The molecular formula is C20H14N4O4S. The molecule has 0 fully saturated rings. The van der Waals surface area contributed by atoms with E-state index in [-0.39, 0.29) is 28.0 Å². The van der Waals surface area contributed by atoms with Crippen molar-refractivity contribution in [3.63, 3.8) is 0 Å². The van der Waals surface area contributed by atoms with E-state index < -0.39 is 10.0 Å². The van der Waals surface area contributed by atoms with Gasteiger partial charge in [0.1, 0.15) is 5.76 Å². The summed E-state index contributed by atoms with van der Waals surface area (Å²) in [6.07, 6.45) is 4.13. The Balaban J connectivity index is 1.53. The molecule has 0 spiro atoms. The molecule has 144 valence electrons. The summed E-state index contributed by atoms with van der Waals surface area (Å²) >= 11 is 0. The number of hydrogen-bond acceptors (Lipinski definition) is 7. The predicted octanol–water partition coefficient (Wildman–Crippen LogP) is 3.15. The van der Waals surface area contributed by atoms with Crippen molar-refractivity contribution >= 4 is 39.4 Å². The molecule has 8 nitrogen and oxygen atoms in total. The van der Waals surface area contributed by atoms with E-state index in [1.807, 2.05) is 0 Å². The van der Waals surface area contributed by atoms with Gasteiger partial charge in [0.15, 0.2) is 5.78 Å². The Morgan fingerprint density at radius 2 is 1.59 bits per heavy atom. The standard InChI is InChI=1S/C20H14N4O4S/c25-18-15-4-1-2-5-16(15)19(26)17(18)12-23-13-6-8-14(9-7-13)29(27,28)24-20-21-10-3-11-22-20/h1-12,25H,(H,21,22,24). The highest BCUT2D eigenvalue weighted by atomic mass is 32.2. The maximum atomic E-state index is 12.4. The number of Topliss-reactive ketones (excluding diaryl/α,β-unsaturated/α-hetero) is 1. The van der Waals surface area contributed by atoms with Crippen molar-refractivity contribution in [1.29, 1.82) is 0 Å². The monoisotopic (exact) mass is 406 g/mol. The summed E-state index contributed by atoms with van der Waals surface area (Å²) in [5, 5.41) is 10.2. The van der Waals surface area contributed by atoms with Gasteiger partial charge in [0.05, 0.1) is 16.2 Å². The number of anilines is 1. The summed E-state index contributed by atoms with van der Waals surface area (Å²) in [4.78, 5) is 24.2. The van der Waals surface area contributed by atoms with E-state index in [0.29, 0.717) is 16.8 Å². The first-order chi connectivity index (χ1) is 14.0. The molecule has 0 saturated heterocycles. The summed E-state index contributed by atoms with van der Waals surface area (Å²) in [7, 11) is -3.84.